The summed E-state index contributed by atoms with van der Waals surface area (Å²) in [5, 5.41) is 11.4. The van der Waals surface area contributed by atoms with Gasteiger partial charge in [-0.25, -0.2) is 0 Å². The molecule has 8 heteroatoms. The number of hydrogen-bond acceptors (Lipinski definition) is 3. The number of alkyl halides is 3. The van der Waals surface area contributed by atoms with Gasteiger partial charge in [-0.1, -0.05) is 6.07 Å². The van der Waals surface area contributed by atoms with Crippen LogP contribution in [0.4, 0.5) is 13.2 Å². The SMILES string of the molecule is CC(NCc1ccc(OC(F)(F)F)c(Br)c1)C(=O)O. The minimum atomic E-state index is -4.75. The summed E-state index contributed by atoms with van der Waals surface area (Å²) < 4.78 is 40.1. The molecule has 4 nitrogen and oxygen atoms in total. The van der Waals surface area contributed by atoms with E-state index >= 15 is 0 Å². The number of halogens is 4. The molecule has 0 saturated heterocycles. The van der Waals surface area contributed by atoms with Crippen LogP contribution in [-0.4, -0.2) is 23.5 Å². The Morgan fingerprint density at radius 3 is 2.63 bits per heavy atom. The van der Waals surface area contributed by atoms with E-state index < -0.39 is 18.4 Å². The van der Waals surface area contributed by atoms with Crippen LogP contribution < -0.4 is 10.1 Å². The van der Waals surface area contributed by atoms with Gasteiger partial charge in [0.25, 0.3) is 0 Å². The van der Waals surface area contributed by atoms with Crippen molar-refractivity contribution in [2.24, 2.45) is 0 Å². The number of nitrogens with one attached hydrogen (secondary N) is 1. The maximum atomic E-state index is 12.0. The molecule has 0 aliphatic rings. The van der Waals surface area contributed by atoms with Crippen LogP contribution in [0.2, 0.25) is 0 Å². The second kappa shape index (κ2) is 6.25. The minimum Gasteiger partial charge on any atom is -0.480 e. The predicted molar refractivity (Wildman–Crippen MR) is 64.8 cm³/mol. The highest BCUT2D eigenvalue weighted by molar-refractivity contribution is 9.10. The van der Waals surface area contributed by atoms with Crippen molar-refractivity contribution < 1.29 is 27.8 Å². The lowest BCUT2D eigenvalue weighted by Crippen LogP contribution is -2.33. The normalized spacial score (nSPS) is 13.1. The number of aliphatic carboxylic acids is 1. The summed E-state index contributed by atoms with van der Waals surface area (Å²) in [5.74, 6) is -1.35. The van der Waals surface area contributed by atoms with Crippen molar-refractivity contribution in [3.63, 3.8) is 0 Å². The van der Waals surface area contributed by atoms with Gasteiger partial charge in [-0.15, -0.1) is 13.2 Å². The van der Waals surface area contributed by atoms with Gasteiger partial charge in [-0.3, -0.25) is 4.79 Å². The van der Waals surface area contributed by atoms with Crippen LogP contribution in [0.3, 0.4) is 0 Å². The molecule has 106 valence electrons. The largest absolute Gasteiger partial charge is 0.573 e. The number of rotatable bonds is 5. The molecule has 0 fully saturated rings. The number of hydrogen-bond donors (Lipinski definition) is 2. The third-order valence-electron chi connectivity index (χ3n) is 2.20. The fraction of sp³-hybridized carbons (Fsp3) is 0.364. The first-order valence-corrected chi connectivity index (χ1v) is 5.98. The Morgan fingerprint density at radius 2 is 2.16 bits per heavy atom. The molecule has 0 aromatic heterocycles. The Bertz CT molecular complexity index is 465. The molecule has 1 rings (SSSR count). The van der Waals surface area contributed by atoms with Crippen LogP contribution >= 0.6 is 15.9 Å². The molecule has 0 radical (unpaired) electrons. The van der Waals surface area contributed by atoms with E-state index in [0.717, 1.165) is 0 Å². The summed E-state index contributed by atoms with van der Waals surface area (Å²) in [6.45, 7) is 1.69. The van der Waals surface area contributed by atoms with Crippen LogP contribution in [0.1, 0.15) is 12.5 Å². The lowest BCUT2D eigenvalue weighted by molar-refractivity contribution is -0.274. The zero-order valence-electron chi connectivity index (χ0n) is 9.79. The highest BCUT2D eigenvalue weighted by atomic mass is 79.9. The van der Waals surface area contributed by atoms with Crippen molar-refractivity contribution in [1.82, 2.24) is 5.32 Å². The minimum absolute atomic E-state index is 0.145. The molecule has 2 N–H and O–H groups in total. The van der Waals surface area contributed by atoms with Gasteiger partial charge >= 0.3 is 12.3 Å². The van der Waals surface area contributed by atoms with Crippen molar-refractivity contribution in [3.8, 4) is 5.75 Å². The third kappa shape index (κ3) is 5.48. The summed E-state index contributed by atoms with van der Waals surface area (Å²) in [5.41, 5.74) is 0.634. The van der Waals surface area contributed by atoms with E-state index in [4.69, 9.17) is 5.11 Å². The fourth-order valence-corrected chi connectivity index (χ4v) is 1.73. The Kier molecular flexibility index (Phi) is 5.19. The summed E-state index contributed by atoms with van der Waals surface area (Å²) in [6, 6.07) is 3.28. The Hall–Kier alpha value is -1.28. The average Bonchev–Trinajstić information content (AvgIpc) is 2.27. The van der Waals surface area contributed by atoms with E-state index in [-0.39, 0.29) is 16.8 Å². The molecule has 0 aliphatic carbocycles. The lowest BCUT2D eigenvalue weighted by Gasteiger charge is -2.13. The van der Waals surface area contributed by atoms with Crippen LogP contribution in [0.15, 0.2) is 22.7 Å². The summed E-state index contributed by atoms with van der Waals surface area (Å²) in [6.07, 6.45) is -4.75. The Labute approximate surface area is 115 Å². The summed E-state index contributed by atoms with van der Waals surface area (Å²) >= 11 is 2.97. The maximum Gasteiger partial charge on any atom is 0.573 e. The summed E-state index contributed by atoms with van der Waals surface area (Å²) in [7, 11) is 0. The smallest absolute Gasteiger partial charge is 0.480 e. The van der Waals surface area contributed by atoms with Gasteiger partial charge < -0.3 is 15.2 Å². The Morgan fingerprint density at radius 1 is 1.53 bits per heavy atom. The topological polar surface area (TPSA) is 58.6 Å². The molecular formula is C11H11BrF3NO3. The molecule has 1 aromatic carbocycles. The van der Waals surface area contributed by atoms with E-state index in [2.05, 4.69) is 26.0 Å². The van der Waals surface area contributed by atoms with Crippen molar-refractivity contribution in [3.05, 3.63) is 28.2 Å². The van der Waals surface area contributed by atoms with E-state index in [1.807, 2.05) is 0 Å². The molecule has 0 saturated carbocycles. The summed E-state index contributed by atoms with van der Waals surface area (Å²) in [4.78, 5) is 10.6. The van der Waals surface area contributed by atoms with E-state index in [1.165, 1.54) is 25.1 Å². The lowest BCUT2D eigenvalue weighted by atomic mass is 10.2. The zero-order valence-corrected chi connectivity index (χ0v) is 11.4. The molecule has 1 atom stereocenters. The highest BCUT2D eigenvalue weighted by Crippen LogP contribution is 2.31. The van der Waals surface area contributed by atoms with Gasteiger partial charge in [0.2, 0.25) is 0 Å². The highest BCUT2D eigenvalue weighted by Gasteiger charge is 2.31. The van der Waals surface area contributed by atoms with Crippen LogP contribution in [-0.2, 0) is 11.3 Å². The van der Waals surface area contributed by atoms with Crippen LogP contribution in [0.5, 0.6) is 5.75 Å². The van der Waals surface area contributed by atoms with Crippen LogP contribution in [0, 0.1) is 0 Å². The Balaban J connectivity index is 2.69. The predicted octanol–water partition coefficient (Wildman–Crippen LogP) is 2.91. The molecule has 0 bridgehead atoms. The maximum absolute atomic E-state index is 12.0. The standard InChI is InChI=1S/C11H11BrF3NO3/c1-6(10(17)18)16-5-7-2-3-9(8(12)4-7)19-11(13,14)15/h2-4,6,16H,5H2,1H3,(H,17,18). The van der Waals surface area contributed by atoms with Gasteiger partial charge in [0.05, 0.1) is 4.47 Å². The average molecular weight is 342 g/mol. The second-order valence-corrected chi connectivity index (χ2v) is 4.61. The molecule has 1 aromatic rings. The van der Waals surface area contributed by atoms with E-state index in [0.29, 0.717) is 5.56 Å². The van der Waals surface area contributed by atoms with Crippen molar-refractivity contribution >= 4 is 21.9 Å². The molecule has 0 aliphatic heterocycles. The van der Waals surface area contributed by atoms with Crippen molar-refractivity contribution in [1.29, 1.82) is 0 Å². The number of carboxylic acid groups (broad SMARTS) is 1. The van der Waals surface area contributed by atoms with Crippen molar-refractivity contribution in [2.45, 2.75) is 25.9 Å². The first-order chi connectivity index (χ1) is 8.69. The van der Waals surface area contributed by atoms with Gasteiger partial charge in [0.15, 0.2) is 0 Å². The zero-order chi connectivity index (χ0) is 14.6. The first kappa shape index (κ1) is 15.8. The first-order valence-electron chi connectivity index (χ1n) is 5.19. The number of carbonyl (C=O) groups is 1. The molecule has 19 heavy (non-hydrogen) atoms. The van der Waals surface area contributed by atoms with E-state index in [1.54, 1.807) is 0 Å². The van der Waals surface area contributed by atoms with Gasteiger partial charge in [-0.05, 0) is 40.5 Å². The van der Waals surface area contributed by atoms with Gasteiger partial charge in [0, 0.05) is 6.54 Å². The third-order valence-corrected chi connectivity index (χ3v) is 2.82. The second-order valence-electron chi connectivity index (χ2n) is 3.75. The van der Waals surface area contributed by atoms with Crippen molar-refractivity contribution in [2.75, 3.05) is 0 Å². The van der Waals surface area contributed by atoms with Gasteiger partial charge in [0.1, 0.15) is 11.8 Å². The van der Waals surface area contributed by atoms with Gasteiger partial charge in [-0.2, -0.15) is 0 Å². The molecule has 0 heterocycles. The number of benzene rings is 1. The molecular weight excluding hydrogens is 331 g/mol. The number of ether oxygens (including phenoxy) is 1. The molecule has 0 amide bonds. The van der Waals surface area contributed by atoms with Crippen LogP contribution in [0.25, 0.3) is 0 Å². The monoisotopic (exact) mass is 341 g/mol. The van der Waals surface area contributed by atoms with E-state index in [9.17, 15) is 18.0 Å². The molecule has 1 unspecified atom stereocenters. The fourth-order valence-electron chi connectivity index (χ4n) is 1.22. The molecule has 0 spiro atoms. The quantitative estimate of drug-likeness (QED) is 0.864. The number of carboxylic acids is 1.